The van der Waals surface area contributed by atoms with Crippen LogP contribution in [0.5, 0.6) is 0 Å². The van der Waals surface area contributed by atoms with E-state index in [-0.39, 0.29) is 5.69 Å². The van der Waals surface area contributed by atoms with Crippen molar-refractivity contribution in [1.29, 1.82) is 0 Å². The van der Waals surface area contributed by atoms with Gasteiger partial charge in [-0.3, -0.25) is 4.57 Å². The second-order valence-corrected chi connectivity index (χ2v) is 4.14. The SMILES string of the molecule is CCn1c(Sc2cc(NC)ncn2)n[nH]c1=O. The molecule has 0 saturated heterocycles. The molecule has 17 heavy (non-hydrogen) atoms. The summed E-state index contributed by atoms with van der Waals surface area (Å²) in [5.41, 5.74) is -0.210. The Hall–Kier alpha value is -1.83. The predicted molar refractivity (Wildman–Crippen MR) is 64.2 cm³/mol. The molecule has 2 aromatic rings. The molecule has 0 radical (unpaired) electrons. The second-order valence-electron chi connectivity index (χ2n) is 3.15. The molecule has 0 aliphatic carbocycles. The summed E-state index contributed by atoms with van der Waals surface area (Å²) in [4.78, 5) is 19.5. The van der Waals surface area contributed by atoms with E-state index in [0.717, 1.165) is 10.8 Å². The first-order valence-corrected chi connectivity index (χ1v) is 5.89. The molecule has 2 N–H and O–H groups in total. The van der Waals surface area contributed by atoms with E-state index in [0.29, 0.717) is 11.7 Å². The lowest BCUT2D eigenvalue weighted by Gasteiger charge is -2.02. The third kappa shape index (κ3) is 2.47. The van der Waals surface area contributed by atoms with Crippen LogP contribution in [0, 0.1) is 0 Å². The molecule has 0 amide bonds. The average molecular weight is 252 g/mol. The van der Waals surface area contributed by atoms with E-state index in [1.165, 1.54) is 18.1 Å². The first kappa shape index (κ1) is 11.6. The minimum absolute atomic E-state index is 0.210. The molecule has 0 unspecified atom stereocenters. The fraction of sp³-hybridized carbons (Fsp3) is 0.333. The van der Waals surface area contributed by atoms with E-state index >= 15 is 0 Å². The maximum Gasteiger partial charge on any atom is 0.343 e. The van der Waals surface area contributed by atoms with Gasteiger partial charge in [-0.2, -0.15) is 0 Å². The van der Waals surface area contributed by atoms with Gasteiger partial charge in [-0.05, 0) is 18.7 Å². The van der Waals surface area contributed by atoms with Crippen molar-refractivity contribution in [2.45, 2.75) is 23.7 Å². The van der Waals surface area contributed by atoms with Crippen LogP contribution in [0.4, 0.5) is 5.82 Å². The smallest absolute Gasteiger partial charge is 0.343 e. The van der Waals surface area contributed by atoms with Crippen molar-refractivity contribution < 1.29 is 0 Å². The molecule has 8 heteroatoms. The third-order valence-corrected chi connectivity index (χ3v) is 3.06. The summed E-state index contributed by atoms with van der Waals surface area (Å²) < 4.78 is 1.55. The van der Waals surface area contributed by atoms with Crippen LogP contribution in [0.3, 0.4) is 0 Å². The van der Waals surface area contributed by atoms with Crippen LogP contribution in [-0.2, 0) is 6.54 Å². The number of anilines is 1. The third-order valence-electron chi connectivity index (χ3n) is 2.13. The van der Waals surface area contributed by atoms with E-state index in [1.54, 1.807) is 17.7 Å². The minimum atomic E-state index is -0.210. The van der Waals surface area contributed by atoms with Gasteiger partial charge in [0, 0.05) is 19.7 Å². The van der Waals surface area contributed by atoms with Gasteiger partial charge in [-0.25, -0.2) is 19.9 Å². The summed E-state index contributed by atoms with van der Waals surface area (Å²) in [6, 6.07) is 1.80. The van der Waals surface area contributed by atoms with Crippen molar-refractivity contribution >= 4 is 17.6 Å². The number of aromatic amines is 1. The zero-order chi connectivity index (χ0) is 12.3. The molecule has 0 fully saturated rings. The molecular formula is C9H12N6OS. The van der Waals surface area contributed by atoms with Gasteiger partial charge in [0.1, 0.15) is 17.2 Å². The average Bonchev–Trinajstić information content (AvgIpc) is 2.70. The Morgan fingerprint density at radius 2 is 2.35 bits per heavy atom. The summed E-state index contributed by atoms with van der Waals surface area (Å²) >= 11 is 1.32. The largest absolute Gasteiger partial charge is 0.373 e. The van der Waals surface area contributed by atoms with E-state index in [1.807, 2.05) is 6.92 Å². The predicted octanol–water partition coefficient (Wildman–Crippen LogP) is 0.574. The van der Waals surface area contributed by atoms with Crippen molar-refractivity contribution in [3.63, 3.8) is 0 Å². The van der Waals surface area contributed by atoms with Crippen molar-refractivity contribution in [2.24, 2.45) is 0 Å². The quantitative estimate of drug-likeness (QED) is 0.774. The van der Waals surface area contributed by atoms with Crippen molar-refractivity contribution in [1.82, 2.24) is 24.7 Å². The van der Waals surface area contributed by atoms with Crippen LogP contribution in [0.1, 0.15) is 6.92 Å². The van der Waals surface area contributed by atoms with Gasteiger partial charge >= 0.3 is 5.69 Å². The van der Waals surface area contributed by atoms with E-state index in [4.69, 9.17) is 0 Å². The van der Waals surface area contributed by atoms with Gasteiger partial charge in [0.25, 0.3) is 0 Å². The van der Waals surface area contributed by atoms with Gasteiger partial charge in [0.05, 0.1) is 0 Å². The number of aromatic nitrogens is 5. The van der Waals surface area contributed by atoms with Crippen LogP contribution in [-0.4, -0.2) is 31.8 Å². The summed E-state index contributed by atoms with van der Waals surface area (Å²) in [5, 5.41) is 10.6. The standard InChI is InChI=1S/C9H12N6OS/c1-3-15-8(16)13-14-9(15)17-7-4-6(10-2)11-5-12-7/h4-5H,3H2,1-2H3,(H,13,16)(H,10,11,12). The number of hydrogen-bond donors (Lipinski definition) is 2. The fourth-order valence-corrected chi connectivity index (χ4v) is 2.16. The number of rotatable bonds is 4. The molecule has 0 aliphatic rings. The van der Waals surface area contributed by atoms with E-state index in [9.17, 15) is 4.79 Å². The molecule has 0 spiro atoms. The zero-order valence-electron chi connectivity index (χ0n) is 9.47. The topological polar surface area (TPSA) is 88.5 Å². The Morgan fingerprint density at radius 1 is 1.53 bits per heavy atom. The Morgan fingerprint density at radius 3 is 3.06 bits per heavy atom. The minimum Gasteiger partial charge on any atom is -0.373 e. The molecule has 2 heterocycles. The lowest BCUT2D eigenvalue weighted by molar-refractivity contribution is 0.660. The second kappa shape index (κ2) is 5.00. The van der Waals surface area contributed by atoms with Crippen LogP contribution in [0.15, 0.2) is 27.4 Å². The molecule has 2 aromatic heterocycles. The maximum atomic E-state index is 11.4. The first-order chi connectivity index (χ1) is 8.24. The number of H-pyrrole nitrogens is 1. The Kier molecular flexibility index (Phi) is 3.43. The van der Waals surface area contributed by atoms with Gasteiger partial charge in [0.2, 0.25) is 0 Å². The summed E-state index contributed by atoms with van der Waals surface area (Å²) in [6.45, 7) is 2.46. The van der Waals surface area contributed by atoms with E-state index < -0.39 is 0 Å². The van der Waals surface area contributed by atoms with Gasteiger partial charge in [-0.1, -0.05) is 0 Å². The number of hydrogen-bond acceptors (Lipinski definition) is 6. The highest BCUT2D eigenvalue weighted by molar-refractivity contribution is 7.99. The zero-order valence-corrected chi connectivity index (χ0v) is 10.3. The monoisotopic (exact) mass is 252 g/mol. The lowest BCUT2D eigenvalue weighted by atomic mass is 10.6. The number of nitrogens with one attached hydrogen (secondary N) is 2. The van der Waals surface area contributed by atoms with Gasteiger partial charge in [0.15, 0.2) is 5.16 Å². The van der Waals surface area contributed by atoms with Crippen LogP contribution in [0.2, 0.25) is 0 Å². The molecule has 0 aliphatic heterocycles. The summed E-state index contributed by atoms with van der Waals surface area (Å²) in [6.07, 6.45) is 1.47. The van der Waals surface area contributed by atoms with Crippen molar-refractivity contribution in [2.75, 3.05) is 12.4 Å². The summed E-state index contributed by atoms with van der Waals surface area (Å²) in [7, 11) is 1.79. The van der Waals surface area contributed by atoms with Crippen molar-refractivity contribution in [3.8, 4) is 0 Å². The molecule has 0 aromatic carbocycles. The van der Waals surface area contributed by atoms with Gasteiger partial charge in [-0.15, -0.1) is 5.10 Å². The molecule has 2 rings (SSSR count). The number of nitrogens with zero attached hydrogens (tertiary/aromatic N) is 4. The molecule has 0 atom stereocenters. The van der Waals surface area contributed by atoms with Crippen LogP contribution >= 0.6 is 11.8 Å². The molecule has 0 saturated carbocycles. The highest BCUT2D eigenvalue weighted by Gasteiger charge is 2.09. The Bertz CT molecular complexity index is 563. The highest BCUT2D eigenvalue weighted by atomic mass is 32.2. The summed E-state index contributed by atoms with van der Waals surface area (Å²) in [5.74, 6) is 0.725. The molecular weight excluding hydrogens is 240 g/mol. The molecule has 90 valence electrons. The Labute approximate surface area is 102 Å². The fourth-order valence-electron chi connectivity index (χ4n) is 1.29. The van der Waals surface area contributed by atoms with Crippen molar-refractivity contribution in [3.05, 3.63) is 22.9 Å². The van der Waals surface area contributed by atoms with Crippen LogP contribution < -0.4 is 11.0 Å². The normalized spacial score (nSPS) is 10.5. The first-order valence-electron chi connectivity index (χ1n) is 5.07. The van der Waals surface area contributed by atoms with Gasteiger partial charge < -0.3 is 5.32 Å². The highest BCUT2D eigenvalue weighted by Crippen LogP contribution is 2.23. The Balaban J connectivity index is 2.28. The molecule has 0 bridgehead atoms. The molecule has 7 nitrogen and oxygen atoms in total. The lowest BCUT2D eigenvalue weighted by Crippen LogP contribution is -2.16. The van der Waals surface area contributed by atoms with E-state index in [2.05, 4.69) is 25.5 Å². The maximum absolute atomic E-state index is 11.4. The van der Waals surface area contributed by atoms with Crippen LogP contribution in [0.25, 0.3) is 0 Å².